The second-order valence-corrected chi connectivity index (χ2v) is 7.86. The molecule has 0 spiro atoms. The Labute approximate surface area is 196 Å². The minimum absolute atomic E-state index is 0.0943. The second-order valence-electron chi connectivity index (χ2n) is 7.86. The molecule has 3 aromatic carbocycles. The van der Waals surface area contributed by atoms with E-state index in [1.54, 1.807) is 31.3 Å². The van der Waals surface area contributed by atoms with Crippen molar-refractivity contribution in [1.29, 1.82) is 0 Å². The van der Waals surface area contributed by atoms with E-state index in [1.807, 2.05) is 19.0 Å². The maximum Gasteiger partial charge on any atom is 0.293 e. The van der Waals surface area contributed by atoms with Crippen LogP contribution in [0.5, 0.6) is 0 Å². The minimum atomic E-state index is -0.574. The van der Waals surface area contributed by atoms with Crippen molar-refractivity contribution in [2.45, 2.75) is 6.04 Å². The first-order valence-electron chi connectivity index (χ1n) is 10.5. The number of likely N-dealkylation sites (N-methyl/N-ethyl adjacent to an activating group) is 1. The Kier molecular flexibility index (Phi) is 7.70. The van der Waals surface area contributed by atoms with Gasteiger partial charge in [-0.05, 0) is 50.0 Å². The maximum atomic E-state index is 13.7. The van der Waals surface area contributed by atoms with E-state index in [4.69, 9.17) is 0 Å². The lowest BCUT2D eigenvalue weighted by atomic mass is 9.97. The first-order valence-corrected chi connectivity index (χ1v) is 10.5. The quantitative estimate of drug-likeness (QED) is 0.281. The predicted molar refractivity (Wildman–Crippen MR) is 128 cm³/mol. The molecule has 9 heteroatoms. The van der Waals surface area contributed by atoms with Crippen molar-refractivity contribution in [3.8, 4) is 0 Å². The molecule has 8 nitrogen and oxygen atoms in total. The van der Waals surface area contributed by atoms with E-state index < -0.39 is 16.6 Å². The number of anilines is 1. The van der Waals surface area contributed by atoms with Crippen molar-refractivity contribution >= 4 is 23.1 Å². The molecule has 1 atom stereocenters. The van der Waals surface area contributed by atoms with Crippen molar-refractivity contribution in [2.75, 3.05) is 33.0 Å². The molecule has 0 aromatic heterocycles. The summed E-state index contributed by atoms with van der Waals surface area (Å²) in [7, 11) is 5.19. The van der Waals surface area contributed by atoms with Crippen LogP contribution >= 0.6 is 0 Å². The molecule has 3 rings (SSSR count). The highest BCUT2D eigenvalue weighted by atomic mass is 19.1. The zero-order valence-electron chi connectivity index (χ0n) is 19.0. The van der Waals surface area contributed by atoms with Crippen LogP contribution in [-0.4, -0.2) is 49.2 Å². The van der Waals surface area contributed by atoms with E-state index in [9.17, 15) is 24.1 Å². The van der Waals surface area contributed by atoms with Gasteiger partial charge in [0.2, 0.25) is 0 Å². The number of rotatable bonds is 9. The average molecular weight is 464 g/mol. The number of hydrogen-bond acceptors (Lipinski definition) is 6. The molecule has 0 aliphatic carbocycles. The van der Waals surface area contributed by atoms with Gasteiger partial charge in [-0.15, -0.1) is 0 Å². The summed E-state index contributed by atoms with van der Waals surface area (Å²) < 4.78 is 13.7. The van der Waals surface area contributed by atoms with Crippen LogP contribution in [0.15, 0.2) is 66.7 Å². The summed E-state index contributed by atoms with van der Waals surface area (Å²) in [6.45, 7) is 0.181. The fourth-order valence-electron chi connectivity index (χ4n) is 3.67. The standard InChI is InChI=1S/C25H25FN4O4/c1-27-21-12-11-17(14-22(21)30(33)34)24(31)19-9-4-5-10-20(19)25(32)28-15-23(29(2)3)16-7-6-8-18(26)13-16/h4-14,23,27H,15H2,1-3H3,(H,28,32). The molecule has 0 saturated carbocycles. The first kappa shape index (κ1) is 24.5. The van der Waals surface area contributed by atoms with Crippen molar-refractivity contribution in [1.82, 2.24) is 10.2 Å². The van der Waals surface area contributed by atoms with Crippen molar-refractivity contribution in [3.05, 3.63) is 105 Å². The molecule has 1 amide bonds. The Morgan fingerprint density at radius 1 is 1.03 bits per heavy atom. The molecule has 0 fully saturated rings. The average Bonchev–Trinajstić information content (AvgIpc) is 2.83. The van der Waals surface area contributed by atoms with Crippen LogP contribution in [0.3, 0.4) is 0 Å². The topological polar surface area (TPSA) is 105 Å². The predicted octanol–water partition coefficient (Wildman–Crippen LogP) is 4.04. The van der Waals surface area contributed by atoms with Crippen LogP contribution in [0.2, 0.25) is 0 Å². The third kappa shape index (κ3) is 5.44. The Morgan fingerprint density at radius 2 is 1.74 bits per heavy atom. The lowest BCUT2D eigenvalue weighted by Crippen LogP contribution is -2.35. The summed E-state index contributed by atoms with van der Waals surface area (Å²) >= 11 is 0. The Bertz CT molecular complexity index is 1230. The summed E-state index contributed by atoms with van der Waals surface area (Å²) in [6, 6.07) is 16.3. The van der Waals surface area contributed by atoms with E-state index in [1.165, 1.54) is 42.5 Å². The summed E-state index contributed by atoms with van der Waals surface area (Å²) in [4.78, 5) is 38.9. The number of amides is 1. The summed E-state index contributed by atoms with van der Waals surface area (Å²) in [5.41, 5.74) is 1.10. The number of carbonyl (C=O) groups excluding carboxylic acids is 2. The van der Waals surface area contributed by atoms with E-state index in [0.29, 0.717) is 5.56 Å². The third-order valence-corrected chi connectivity index (χ3v) is 5.46. The molecule has 0 heterocycles. The minimum Gasteiger partial charge on any atom is -0.383 e. The number of nitrogens with one attached hydrogen (secondary N) is 2. The molecule has 34 heavy (non-hydrogen) atoms. The SMILES string of the molecule is CNc1ccc(C(=O)c2ccccc2C(=O)NCC(c2cccc(F)c2)N(C)C)cc1[N+](=O)[O-]. The molecule has 176 valence electrons. The molecule has 1 unspecified atom stereocenters. The van der Waals surface area contributed by atoms with E-state index >= 15 is 0 Å². The molecule has 2 N–H and O–H groups in total. The number of hydrogen-bond donors (Lipinski definition) is 2. The van der Waals surface area contributed by atoms with Gasteiger partial charge in [0.1, 0.15) is 11.5 Å². The van der Waals surface area contributed by atoms with Crippen LogP contribution in [0.1, 0.15) is 37.9 Å². The molecular formula is C25H25FN4O4. The second kappa shape index (κ2) is 10.7. The van der Waals surface area contributed by atoms with Crippen LogP contribution in [0, 0.1) is 15.9 Å². The van der Waals surface area contributed by atoms with Gasteiger partial charge in [0.05, 0.1) is 16.5 Å². The number of carbonyl (C=O) groups is 2. The number of halogens is 1. The van der Waals surface area contributed by atoms with Gasteiger partial charge in [-0.2, -0.15) is 0 Å². The van der Waals surface area contributed by atoms with Gasteiger partial charge >= 0.3 is 0 Å². The van der Waals surface area contributed by atoms with Crippen molar-refractivity contribution in [2.24, 2.45) is 0 Å². The normalized spacial score (nSPS) is 11.7. The number of ketones is 1. The monoisotopic (exact) mass is 464 g/mol. The first-order chi connectivity index (χ1) is 16.2. The molecule has 0 bridgehead atoms. The number of nitro groups is 1. The van der Waals surface area contributed by atoms with Crippen LogP contribution in [0.4, 0.5) is 15.8 Å². The highest BCUT2D eigenvalue weighted by Gasteiger charge is 2.23. The number of nitrogens with zero attached hydrogens (tertiary/aromatic N) is 2. The molecular weight excluding hydrogens is 439 g/mol. The molecule has 0 aliphatic rings. The smallest absolute Gasteiger partial charge is 0.293 e. The maximum absolute atomic E-state index is 13.7. The largest absolute Gasteiger partial charge is 0.383 e. The fraction of sp³-hybridized carbons (Fsp3) is 0.200. The lowest BCUT2D eigenvalue weighted by molar-refractivity contribution is -0.384. The summed E-state index contributed by atoms with van der Waals surface area (Å²) in [5.74, 6) is -1.36. The van der Waals surface area contributed by atoms with Gasteiger partial charge in [0, 0.05) is 30.8 Å². The third-order valence-electron chi connectivity index (χ3n) is 5.46. The van der Waals surface area contributed by atoms with Gasteiger partial charge in [0.15, 0.2) is 5.78 Å². The van der Waals surface area contributed by atoms with Gasteiger partial charge in [0.25, 0.3) is 11.6 Å². The zero-order chi connectivity index (χ0) is 24.8. The Balaban J connectivity index is 1.86. The van der Waals surface area contributed by atoms with E-state index in [2.05, 4.69) is 10.6 Å². The van der Waals surface area contributed by atoms with Gasteiger partial charge in [-0.3, -0.25) is 19.7 Å². The molecule has 0 saturated heterocycles. The molecule has 0 radical (unpaired) electrons. The Morgan fingerprint density at radius 3 is 2.35 bits per heavy atom. The molecule has 0 aliphatic heterocycles. The summed E-state index contributed by atoms with van der Waals surface area (Å²) in [5, 5.41) is 16.9. The zero-order valence-corrected chi connectivity index (χ0v) is 19.0. The lowest BCUT2D eigenvalue weighted by Gasteiger charge is -2.25. The fourth-order valence-corrected chi connectivity index (χ4v) is 3.67. The van der Waals surface area contributed by atoms with Crippen molar-refractivity contribution < 1.29 is 18.9 Å². The van der Waals surface area contributed by atoms with Crippen LogP contribution in [-0.2, 0) is 0 Å². The van der Waals surface area contributed by atoms with Gasteiger partial charge in [-0.25, -0.2) is 4.39 Å². The van der Waals surface area contributed by atoms with Crippen LogP contribution < -0.4 is 10.6 Å². The van der Waals surface area contributed by atoms with E-state index in [-0.39, 0.29) is 46.5 Å². The number of benzene rings is 3. The highest BCUT2D eigenvalue weighted by Crippen LogP contribution is 2.27. The Hall–Kier alpha value is -4.11. The van der Waals surface area contributed by atoms with E-state index in [0.717, 1.165) is 0 Å². The highest BCUT2D eigenvalue weighted by molar-refractivity contribution is 6.15. The number of nitro benzene ring substituents is 1. The van der Waals surface area contributed by atoms with Crippen LogP contribution in [0.25, 0.3) is 0 Å². The summed E-state index contributed by atoms with van der Waals surface area (Å²) in [6.07, 6.45) is 0. The van der Waals surface area contributed by atoms with Crippen molar-refractivity contribution in [3.63, 3.8) is 0 Å². The molecule has 3 aromatic rings. The van der Waals surface area contributed by atoms with Gasteiger partial charge < -0.3 is 15.5 Å². The van der Waals surface area contributed by atoms with Gasteiger partial charge in [-0.1, -0.05) is 30.3 Å².